The summed E-state index contributed by atoms with van der Waals surface area (Å²) >= 11 is 3.11. The molecule has 4 fully saturated rings. The zero-order valence-electron chi connectivity index (χ0n) is 18.9. The Labute approximate surface area is 192 Å². The number of H-pyrrole nitrogens is 1. The molecule has 4 bridgehead atoms. The predicted molar refractivity (Wildman–Crippen MR) is 129 cm³/mol. The Morgan fingerprint density at radius 2 is 1.81 bits per heavy atom. The quantitative estimate of drug-likeness (QED) is 0.641. The van der Waals surface area contributed by atoms with E-state index in [0.717, 1.165) is 33.0 Å². The van der Waals surface area contributed by atoms with Crippen molar-refractivity contribution in [2.24, 2.45) is 23.2 Å². The molecule has 1 amide bonds. The number of nitrogens with zero attached hydrogens (tertiary/aromatic N) is 1. The molecule has 2 aromatic rings. The molecule has 7 heteroatoms. The van der Waals surface area contributed by atoms with Crippen LogP contribution in [0.1, 0.15) is 68.6 Å². The number of aryl methyl sites for hydroxylation is 2. The molecule has 4 aliphatic rings. The van der Waals surface area contributed by atoms with E-state index in [4.69, 9.17) is 0 Å². The van der Waals surface area contributed by atoms with Gasteiger partial charge in [0.25, 0.3) is 5.56 Å². The van der Waals surface area contributed by atoms with Crippen LogP contribution in [0.4, 0.5) is 0 Å². The summed E-state index contributed by atoms with van der Waals surface area (Å²) in [5, 5.41) is 3.90. The topological polar surface area (TPSA) is 74.8 Å². The average molecular weight is 460 g/mol. The first-order valence-corrected chi connectivity index (χ1v) is 13.5. The minimum Gasteiger partial charge on any atom is -0.352 e. The van der Waals surface area contributed by atoms with Gasteiger partial charge in [-0.05, 0) is 95.0 Å². The fraction of sp³-hybridized carbons (Fsp3) is 0.708. The maximum absolute atomic E-state index is 13.0. The summed E-state index contributed by atoms with van der Waals surface area (Å²) in [6.45, 7) is 8.18. The molecule has 168 valence electrons. The number of thioether (sulfide) groups is 1. The summed E-state index contributed by atoms with van der Waals surface area (Å²) in [4.78, 5) is 34.9. The maximum Gasteiger partial charge on any atom is 0.259 e. The normalized spacial score (nSPS) is 31.2. The first kappa shape index (κ1) is 21.5. The van der Waals surface area contributed by atoms with E-state index in [1.165, 1.54) is 38.5 Å². The van der Waals surface area contributed by atoms with Crippen LogP contribution in [0.25, 0.3) is 10.2 Å². The van der Waals surface area contributed by atoms with Crippen LogP contribution in [0.5, 0.6) is 0 Å². The predicted octanol–water partition coefficient (Wildman–Crippen LogP) is 4.94. The van der Waals surface area contributed by atoms with Crippen molar-refractivity contribution in [2.45, 2.75) is 83.3 Å². The first-order chi connectivity index (χ1) is 14.7. The minimum absolute atomic E-state index is 0.0741. The van der Waals surface area contributed by atoms with Gasteiger partial charge < -0.3 is 10.3 Å². The largest absolute Gasteiger partial charge is 0.352 e. The number of aromatic amines is 1. The van der Waals surface area contributed by atoms with Gasteiger partial charge in [-0.1, -0.05) is 0 Å². The molecule has 5 nitrogen and oxygen atoms in total. The van der Waals surface area contributed by atoms with Gasteiger partial charge in [0.15, 0.2) is 0 Å². The zero-order chi connectivity index (χ0) is 21.9. The van der Waals surface area contributed by atoms with Gasteiger partial charge >= 0.3 is 0 Å². The molecule has 0 saturated heterocycles. The number of aromatic nitrogens is 2. The summed E-state index contributed by atoms with van der Waals surface area (Å²) in [6.07, 6.45) is 8.16. The molecule has 31 heavy (non-hydrogen) atoms. The second-order valence-electron chi connectivity index (χ2n) is 10.4. The molecule has 0 radical (unpaired) electrons. The molecule has 0 unspecified atom stereocenters. The number of rotatable bonds is 6. The standard InChI is InChI=1S/C24H33N3O2S2/c1-12-13(2)31-23-20(12)22(29)26-19(27-23)11-30-14(3)21(28)25-15(4)24-8-16-5-17(9-24)7-18(6-16)10-24/h14-18H,5-11H2,1-4H3,(H,25,28)(H,26,27,29)/t14-,15+,16?,17?,18?,24?/m1/s1. The first-order valence-electron chi connectivity index (χ1n) is 11.6. The zero-order valence-corrected chi connectivity index (χ0v) is 20.5. The number of amides is 1. The lowest BCUT2D eigenvalue weighted by molar-refractivity contribution is -0.125. The number of thiophene rings is 1. The van der Waals surface area contributed by atoms with Crippen molar-refractivity contribution in [2.75, 3.05) is 0 Å². The van der Waals surface area contributed by atoms with Crippen LogP contribution in [0.15, 0.2) is 4.79 Å². The van der Waals surface area contributed by atoms with Crippen LogP contribution >= 0.6 is 23.1 Å². The van der Waals surface area contributed by atoms with E-state index < -0.39 is 0 Å². The minimum atomic E-state index is -0.177. The van der Waals surface area contributed by atoms with Gasteiger partial charge in [-0.3, -0.25) is 9.59 Å². The second-order valence-corrected chi connectivity index (χ2v) is 13.0. The molecule has 6 rings (SSSR count). The number of carbonyl (C=O) groups excluding carboxylic acids is 1. The molecule has 2 atom stereocenters. The highest BCUT2D eigenvalue weighted by molar-refractivity contribution is 7.99. The van der Waals surface area contributed by atoms with Crippen molar-refractivity contribution in [3.8, 4) is 0 Å². The SMILES string of the molecule is Cc1sc2nc(CS[C@H](C)C(=O)N[C@@H](C)C34CC5CC(CC(C5)C3)C4)[nH]c(=O)c2c1C. The lowest BCUT2D eigenvalue weighted by Gasteiger charge is -2.59. The van der Waals surface area contributed by atoms with E-state index in [2.05, 4.69) is 22.2 Å². The van der Waals surface area contributed by atoms with Gasteiger partial charge in [0, 0.05) is 10.9 Å². The van der Waals surface area contributed by atoms with Crippen LogP contribution < -0.4 is 10.9 Å². The number of nitrogens with one attached hydrogen (secondary N) is 2. The third kappa shape index (κ3) is 3.86. The smallest absolute Gasteiger partial charge is 0.259 e. The van der Waals surface area contributed by atoms with Gasteiger partial charge in [0.1, 0.15) is 10.7 Å². The fourth-order valence-corrected chi connectivity index (χ4v) is 8.65. The van der Waals surface area contributed by atoms with Gasteiger partial charge in [0.2, 0.25) is 5.91 Å². The molecular weight excluding hydrogens is 426 g/mol. The van der Waals surface area contributed by atoms with Crippen LogP contribution in [-0.2, 0) is 10.5 Å². The maximum atomic E-state index is 13.0. The van der Waals surface area contributed by atoms with Crippen molar-refractivity contribution in [3.63, 3.8) is 0 Å². The number of hydrogen-bond donors (Lipinski definition) is 2. The average Bonchev–Trinajstić information content (AvgIpc) is 2.99. The molecule has 0 spiro atoms. The Morgan fingerprint density at radius 3 is 2.42 bits per heavy atom. The molecular formula is C24H33N3O2S2. The highest BCUT2D eigenvalue weighted by Gasteiger charge is 2.53. The van der Waals surface area contributed by atoms with Crippen molar-refractivity contribution in [1.82, 2.24) is 15.3 Å². The Kier molecular flexibility index (Phi) is 5.48. The van der Waals surface area contributed by atoms with Crippen LogP contribution in [0.2, 0.25) is 0 Å². The van der Waals surface area contributed by atoms with E-state index in [1.54, 1.807) is 23.1 Å². The monoisotopic (exact) mass is 459 g/mol. The van der Waals surface area contributed by atoms with Crippen LogP contribution in [-0.4, -0.2) is 27.2 Å². The highest BCUT2D eigenvalue weighted by atomic mass is 32.2. The molecule has 2 N–H and O–H groups in total. The molecule has 2 heterocycles. The lowest BCUT2D eigenvalue weighted by atomic mass is 9.48. The summed E-state index contributed by atoms with van der Waals surface area (Å²) < 4.78 is 0. The summed E-state index contributed by atoms with van der Waals surface area (Å²) in [7, 11) is 0. The number of carbonyl (C=O) groups is 1. The van der Waals surface area contributed by atoms with Gasteiger partial charge in [0.05, 0.1) is 16.4 Å². The van der Waals surface area contributed by atoms with Gasteiger partial charge in [-0.25, -0.2) is 4.98 Å². The molecule has 4 saturated carbocycles. The number of hydrogen-bond acceptors (Lipinski definition) is 5. The molecule has 2 aromatic heterocycles. The van der Waals surface area contributed by atoms with Gasteiger partial charge in [-0.15, -0.1) is 23.1 Å². The van der Waals surface area contributed by atoms with E-state index >= 15 is 0 Å². The van der Waals surface area contributed by atoms with E-state index in [-0.39, 0.29) is 22.8 Å². The molecule has 0 aliphatic heterocycles. The summed E-state index contributed by atoms with van der Waals surface area (Å²) in [6, 6.07) is 0.239. The van der Waals surface area contributed by atoms with Gasteiger partial charge in [-0.2, -0.15) is 0 Å². The number of fused-ring (bicyclic) bond motifs is 1. The van der Waals surface area contributed by atoms with Crippen LogP contribution in [0, 0.1) is 37.0 Å². The van der Waals surface area contributed by atoms with E-state index in [1.807, 2.05) is 20.8 Å². The van der Waals surface area contributed by atoms with E-state index in [9.17, 15) is 9.59 Å². The summed E-state index contributed by atoms with van der Waals surface area (Å²) in [5.41, 5.74) is 1.26. The van der Waals surface area contributed by atoms with Crippen molar-refractivity contribution < 1.29 is 4.79 Å². The Morgan fingerprint density at radius 1 is 1.19 bits per heavy atom. The Bertz CT molecular complexity index is 1040. The van der Waals surface area contributed by atoms with Crippen molar-refractivity contribution >= 4 is 39.2 Å². The fourth-order valence-electron chi connectivity index (χ4n) is 6.84. The third-order valence-corrected chi connectivity index (χ3v) is 10.5. The summed E-state index contributed by atoms with van der Waals surface area (Å²) in [5.74, 6) is 3.96. The lowest BCUT2D eigenvalue weighted by Crippen LogP contribution is -2.56. The third-order valence-electron chi connectivity index (χ3n) is 8.29. The Balaban J connectivity index is 1.21. The highest BCUT2D eigenvalue weighted by Crippen LogP contribution is 2.61. The Hall–Kier alpha value is -1.34. The van der Waals surface area contributed by atoms with Crippen molar-refractivity contribution in [1.29, 1.82) is 0 Å². The molecule has 0 aromatic carbocycles. The molecule has 4 aliphatic carbocycles. The van der Waals surface area contributed by atoms with E-state index in [0.29, 0.717) is 22.4 Å². The van der Waals surface area contributed by atoms with Crippen LogP contribution in [0.3, 0.4) is 0 Å². The van der Waals surface area contributed by atoms with Crippen molar-refractivity contribution in [3.05, 3.63) is 26.6 Å². The second kappa shape index (κ2) is 7.91.